The first-order chi connectivity index (χ1) is 6.77. The summed E-state index contributed by atoms with van der Waals surface area (Å²) in [7, 11) is -3.35. The third-order valence-corrected chi connectivity index (χ3v) is 2.34. The van der Waals surface area contributed by atoms with Crippen molar-refractivity contribution in [2.24, 2.45) is 5.41 Å². The average Bonchev–Trinajstić information content (AvgIpc) is 2.09. The number of hydrogen-bond acceptors (Lipinski definition) is 4. The van der Waals surface area contributed by atoms with Gasteiger partial charge in [0.1, 0.15) is 0 Å². The van der Waals surface area contributed by atoms with Crippen molar-refractivity contribution in [2.45, 2.75) is 33.6 Å². The molecule has 0 N–H and O–H groups in total. The van der Waals surface area contributed by atoms with E-state index in [-0.39, 0.29) is 12.0 Å². The van der Waals surface area contributed by atoms with Gasteiger partial charge in [0.15, 0.2) is 0 Å². The topological polar surface area (TPSA) is 52.6 Å². The molecule has 0 aliphatic carbocycles. The van der Waals surface area contributed by atoms with E-state index >= 15 is 0 Å². The molecule has 0 spiro atoms. The summed E-state index contributed by atoms with van der Waals surface area (Å²) >= 11 is 0. The minimum atomic E-state index is -3.35. The van der Waals surface area contributed by atoms with Gasteiger partial charge in [-0.1, -0.05) is 27.2 Å². The Morgan fingerprint density at radius 3 is 2.27 bits per heavy atom. The Balaban J connectivity index is 3.77. The zero-order chi connectivity index (χ0) is 11.9. The molecule has 92 valence electrons. The molecule has 0 radical (unpaired) electrons. The second-order valence-electron chi connectivity index (χ2n) is 4.54. The molecule has 5 heteroatoms. The highest BCUT2D eigenvalue weighted by Crippen LogP contribution is 2.17. The van der Waals surface area contributed by atoms with Gasteiger partial charge in [0, 0.05) is 12.0 Å². The number of unbranched alkanes of at least 4 members (excludes halogenated alkanes) is 1. The maximum absolute atomic E-state index is 10.8. The maximum Gasteiger partial charge on any atom is 0.264 e. The Labute approximate surface area is 93.1 Å². The molecule has 0 aliphatic rings. The normalized spacial score (nSPS) is 13.1. The second kappa shape index (κ2) is 6.45. The summed E-state index contributed by atoms with van der Waals surface area (Å²) in [4.78, 5) is 0. The lowest BCUT2D eigenvalue weighted by Gasteiger charge is -2.23. The molecule has 0 aliphatic heterocycles. The minimum Gasteiger partial charge on any atom is -0.381 e. The fourth-order valence-corrected chi connectivity index (χ4v) is 1.44. The second-order valence-corrected chi connectivity index (χ2v) is 6.18. The largest absolute Gasteiger partial charge is 0.381 e. The molecule has 0 bridgehead atoms. The van der Waals surface area contributed by atoms with Crippen LogP contribution in [-0.4, -0.2) is 34.5 Å². The van der Waals surface area contributed by atoms with Crippen molar-refractivity contribution in [3.63, 3.8) is 0 Å². The summed E-state index contributed by atoms with van der Waals surface area (Å²) in [6, 6.07) is 0. The number of rotatable bonds is 8. The average molecular weight is 238 g/mol. The maximum atomic E-state index is 10.8. The minimum absolute atomic E-state index is 0.165. The van der Waals surface area contributed by atoms with E-state index in [0.717, 1.165) is 25.7 Å². The lowest BCUT2D eigenvalue weighted by molar-refractivity contribution is 0.0352. The van der Waals surface area contributed by atoms with E-state index in [1.165, 1.54) is 0 Å². The molecule has 0 unspecified atom stereocenters. The van der Waals surface area contributed by atoms with Crippen LogP contribution in [0.5, 0.6) is 0 Å². The Hall–Kier alpha value is -0.130. The van der Waals surface area contributed by atoms with Crippen LogP contribution in [0, 0.1) is 5.41 Å². The van der Waals surface area contributed by atoms with Crippen LogP contribution in [0.1, 0.15) is 33.6 Å². The first kappa shape index (κ1) is 14.9. The highest BCUT2D eigenvalue weighted by atomic mass is 32.2. The zero-order valence-corrected chi connectivity index (χ0v) is 10.9. The van der Waals surface area contributed by atoms with Gasteiger partial charge >= 0.3 is 0 Å². The zero-order valence-electron chi connectivity index (χ0n) is 10.1. The fraction of sp³-hybridized carbons (Fsp3) is 1.00. The molecule has 0 rings (SSSR count). The van der Waals surface area contributed by atoms with E-state index in [1.54, 1.807) is 0 Å². The molecule has 0 saturated carbocycles. The van der Waals surface area contributed by atoms with Crippen LogP contribution >= 0.6 is 0 Å². The van der Waals surface area contributed by atoms with Crippen molar-refractivity contribution in [3.8, 4) is 0 Å². The van der Waals surface area contributed by atoms with E-state index < -0.39 is 10.1 Å². The van der Waals surface area contributed by atoms with Gasteiger partial charge in [-0.15, -0.1) is 0 Å². The van der Waals surface area contributed by atoms with Gasteiger partial charge in [0.05, 0.1) is 19.5 Å². The molecule has 0 amide bonds. The van der Waals surface area contributed by atoms with Crippen molar-refractivity contribution in [1.82, 2.24) is 0 Å². The van der Waals surface area contributed by atoms with Crippen LogP contribution in [0.2, 0.25) is 0 Å². The van der Waals surface area contributed by atoms with Gasteiger partial charge in [-0.2, -0.15) is 8.42 Å². The van der Waals surface area contributed by atoms with E-state index in [2.05, 4.69) is 6.92 Å². The van der Waals surface area contributed by atoms with Crippen molar-refractivity contribution in [1.29, 1.82) is 0 Å². The van der Waals surface area contributed by atoms with Gasteiger partial charge in [0.2, 0.25) is 0 Å². The summed E-state index contributed by atoms with van der Waals surface area (Å²) in [5.41, 5.74) is -0.267. The van der Waals surface area contributed by atoms with Crippen molar-refractivity contribution in [3.05, 3.63) is 0 Å². The first-order valence-corrected chi connectivity index (χ1v) is 7.00. The highest BCUT2D eigenvalue weighted by Gasteiger charge is 2.20. The lowest BCUT2D eigenvalue weighted by atomic mass is 9.97. The van der Waals surface area contributed by atoms with Crippen LogP contribution in [0.25, 0.3) is 0 Å². The third kappa shape index (κ3) is 10.2. The molecule has 0 atom stereocenters. The molecule has 0 aromatic rings. The summed E-state index contributed by atoms with van der Waals surface area (Å²) in [5, 5.41) is 0. The molecule has 4 nitrogen and oxygen atoms in total. The predicted molar refractivity (Wildman–Crippen MR) is 60.3 cm³/mol. The molecule has 0 aromatic carbocycles. The van der Waals surface area contributed by atoms with Crippen LogP contribution in [0.3, 0.4) is 0 Å². The summed E-state index contributed by atoms with van der Waals surface area (Å²) < 4.78 is 31.8. The van der Waals surface area contributed by atoms with Gasteiger partial charge in [-0.3, -0.25) is 4.18 Å². The molecule has 0 fully saturated rings. The fourth-order valence-electron chi connectivity index (χ4n) is 0.903. The van der Waals surface area contributed by atoms with Gasteiger partial charge in [-0.25, -0.2) is 0 Å². The predicted octanol–water partition coefficient (Wildman–Crippen LogP) is 1.81. The Bertz CT molecular complexity index is 257. The van der Waals surface area contributed by atoms with Crippen molar-refractivity contribution in [2.75, 3.05) is 26.1 Å². The van der Waals surface area contributed by atoms with Crippen LogP contribution in [-0.2, 0) is 19.0 Å². The Morgan fingerprint density at radius 1 is 1.20 bits per heavy atom. The molecule has 0 aromatic heterocycles. The molecule has 0 heterocycles. The van der Waals surface area contributed by atoms with E-state index in [0.29, 0.717) is 6.61 Å². The molecular weight excluding hydrogens is 216 g/mol. The Morgan fingerprint density at radius 2 is 1.80 bits per heavy atom. The van der Waals surface area contributed by atoms with Crippen LogP contribution < -0.4 is 0 Å². The SMILES string of the molecule is CCCCOCC(C)(C)COS(C)(=O)=O. The lowest BCUT2D eigenvalue weighted by Crippen LogP contribution is -2.27. The summed E-state index contributed by atoms with van der Waals surface area (Å²) in [6.07, 6.45) is 3.18. The number of ether oxygens (including phenoxy) is 1. The van der Waals surface area contributed by atoms with Crippen LogP contribution in [0.15, 0.2) is 0 Å². The highest BCUT2D eigenvalue weighted by molar-refractivity contribution is 7.85. The smallest absolute Gasteiger partial charge is 0.264 e. The first-order valence-electron chi connectivity index (χ1n) is 5.19. The van der Waals surface area contributed by atoms with Gasteiger partial charge < -0.3 is 4.74 Å². The van der Waals surface area contributed by atoms with Crippen LogP contribution in [0.4, 0.5) is 0 Å². The van der Waals surface area contributed by atoms with Crippen molar-refractivity contribution < 1.29 is 17.3 Å². The summed E-state index contributed by atoms with van der Waals surface area (Å²) in [6.45, 7) is 7.34. The quantitative estimate of drug-likeness (QED) is 0.478. The Kier molecular flexibility index (Phi) is 6.40. The molecule has 15 heavy (non-hydrogen) atoms. The monoisotopic (exact) mass is 238 g/mol. The number of hydrogen-bond donors (Lipinski definition) is 0. The molecule has 0 saturated heterocycles. The van der Waals surface area contributed by atoms with Gasteiger partial charge in [0.25, 0.3) is 10.1 Å². The van der Waals surface area contributed by atoms with E-state index in [9.17, 15) is 8.42 Å². The van der Waals surface area contributed by atoms with Crippen molar-refractivity contribution >= 4 is 10.1 Å². The van der Waals surface area contributed by atoms with E-state index in [1.807, 2.05) is 13.8 Å². The summed E-state index contributed by atoms with van der Waals surface area (Å²) in [5.74, 6) is 0. The standard InChI is InChI=1S/C10H22O4S/c1-5-6-7-13-8-10(2,3)9-14-15(4,11)12/h5-9H2,1-4H3. The van der Waals surface area contributed by atoms with E-state index in [4.69, 9.17) is 8.92 Å². The van der Waals surface area contributed by atoms with Gasteiger partial charge in [-0.05, 0) is 6.42 Å². The molecular formula is C10H22O4S. The third-order valence-electron chi connectivity index (χ3n) is 1.80.